The Labute approximate surface area is 127 Å². The van der Waals surface area contributed by atoms with Gasteiger partial charge in [-0.3, -0.25) is 4.98 Å². The zero-order valence-electron chi connectivity index (χ0n) is 12.7. The van der Waals surface area contributed by atoms with Crippen molar-refractivity contribution in [3.8, 4) is 0 Å². The number of allylic oxidation sites excluding steroid dienone is 2. The van der Waals surface area contributed by atoms with Gasteiger partial charge in [-0.25, -0.2) is 0 Å². The second-order valence-corrected chi connectivity index (χ2v) is 5.86. The molecular formula is C17H26N2O2. The summed E-state index contributed by atoms with van der Waals surface area (Å²) in [5.41, 5.74) is 1.17. The first-order chi connectivity index (χ1) is 10.3. The van der Waals surface area contributed by atoms with Crippen molar-refractivity contribution in [3.05, 3.63) is 42.2 Å². The summed E-state index contributed by atoms with van der Waals surface area (Å²) in [6.07, 6.45) is 9.81. The maximum atomic E-state index is 9.91. The predicted molar refractivity (Wildman–Crippen MR) is 83.8 cm³/mol. The summed E-state index contributed by atoms with van der Waals surface area (Å²) in [5.74, 6) is 1.27. The third-order valence-corrected chi connectivity index (χ3v) is 4.02. The van der Waals surface area contributed by atoms with Crippen LogP contribution in [0.1, 0.15) is 25.3 Å². The van der Waals surface area contributed by atoms with E-state index in [4.69, 9.17) is 4.74 Å². The van der Waals surface area contributed by atoms with E-state index in [1.54, 1.807) is 12.4 Å². The van der Waals surface area contributed by atoms with Crippen molar-refractivity contribution in [2.24, 2.45) is 11.8 Å². The molecule has 0 radical (unpaired) electrons. The number of aliphatic hydroxyl groups excluding tert-OH is 1. The number of hydrogen-bond acceptors (Lipinski definition) is 4. The third-order valence-electron chi connectivity index (χ3n) is 4.02. The Kier molecular flexibility index (Phi) is 6.86. The Morgan fingerprint density at radius 1 is 1.33 bits per heavy atom. The molecule has 0 aliphatic heterocycles. The molecule has 3 unspecified atom stereocenters. The van der Waals surface area contributed by atoms with Gasteiger partial charge in [-0.2, -0.15) is 0 Å². The van der Waals surface area contributed by atoms with Gasteiger partial charge in [0.2, 0.25) is 0 Å². The van der Waals surface area contributed by atoms with Crippen LogP contribution in [0.5, 0.6) is 0 Å². The van der Waals surface area contributed by atoms with Gasteiger partial charge in [-0.05, 0) is 42.4 Å². The maximum Gasteiger partial charge on any atom is 0.0897 e. The molecule has 1 aromatic heterocycles. The molecule has 3 atom stereocenters. The van der Waals surface area contributed by atoms with Gasteiger partial charge in [-0.1, -0.05) is 19.1 Å². The maximum absolute atomic E-state index is 9.91. The first-order valence-electron chi connectivity index (χ1n) is 7.76. The van der Waals surface area contributed by atoms with Gasteiger partial charge in [-0.15, -0.1) is 0 Å². The minimum atomic E-state index is -0.457. The highest BCUT2D eigenvalue weighted by molar-refractivity contribution is 5.08. The largest absolute Gasteiger partial charge is 0.389 e. The molecule has 2 N–H and O–H groups in total. The summed E-state index contributed by atoms with van der Waals surface area (Å²) in [5, 5.41) is 13.1. The van der Waals surface area contributed by atoms with Gasteiger partial charge in [0.25, 0.3) is 0 Å². The van der Waals surface area contributed by atoms with Crippen LogP contribution in [0.25, 0.3) is 0 Å². The van der Waals surface area contributed by atoms with Crippen molar-refractivity contribution in [2.75, 3.05) is 19.8 Å². The van der Waals surface area contributed by atoms with E-state index in [-0.39, 0.29) is 0 Å². The van der Waals surface area contributed by atoms with E-state index in [1.165, 1.54) is 5.56 Å². The summed E-state index contributed by atoms with van der Waals surface area (Å²) in [6.45, 7) is 4.69. The Morgan fingerprint density at radius 3 is 2.86 bits per heavy atom. The molecule has 0 spiro atoms. The quantitative estimate of drug-likeness (QED) is 0.720. The predicted octanol–water partition coefficient (Wildman–Crippen LogP) is 2.15. The van der Waals surface area contributed by atoms with E-state index < -0.39 is 6.10 Å². The molecule has 0 saturated carbocycles. The fourth-order valence-electron chi connectivity index (χ4n) is 2.54. The Bertz CT molecular complexity index is 422. The summed E-state index contributed by atoms with van der Waals surface area (Å²) >= 11 is 0. The van der Waals surface area contributed by atoms with Gasteiger partial charge in [0.15, 0.2) is 0 Å². The van der Waals surface area contributed by atoms with Crippen LogP contribution in [0.15, 0.2) is 36.7 Å². The van der Waals surface area contributed by atoms with Gasteiger partial charge < -0.3 is 15.2 Å². The van der Waals surface area contributed by atoms with Gasteiger partial charge >= 0.3 is 0 Å². The van der Waals surface area contributed by atoms with Gasteiger partial charge in [0.05, 0.1) is 19.3 Å². The average molecular weight is 290 g/mol. The normalized spacial score (nSPS) is 23.1. The second kappa shape index (κ2) is 8.93. The molecule has 116 valence electrons. The number of rotatable bonds is 8. The van der Waals surface area contributed by atoms with Crippen LogP contribution < -0.4 is 5.32 Å². The molecule has 2 rings (SSSR count). The van der Waals surface area contributed by atoms with Crippen LogP contribution in [0.3, 0.4) is 0 Å². The van der Waals surface area contributed by atoms with E-state index in [0.29, 0.717) is 25.0 Å². The molecule has 1 aromatic rings. The molecule has 0 saturated heterocycles. The number of nitrogens with zero attached hydrogens (tertiary/aromatic N) is 1. The fraction of sp³-hybridized carbons (Fsp3) is 0.588. The van der Waals surface area contributed by atoms with Gasteiger partial charge in [0, 0.05) is 25.5 Å². The van der Waals surface area contributed by atoms with Crippen molar-refractivity contribution in [2.45, 2.75) is 32.4 Å². The summed E-state index contributed by atoms with van der Waals surface area (Å²) < 4.78 is 5.67. The standard InChI is InChI=1S/C17H26N2O2/c1-14-4-2-3-5-16(14)12-21-13-17(20)11-19-10-15-6-8-18-9-7-15/h2-3,6-9,14,16-17,19-20H,4-5,10-13H2,1H3. The highest BCUT2D eigenvalue weighted by atomic mass is 16.5. The molecule has 4 heteroatoms. The first kappa shape index (κ1) is 16.1. The van der Waals surface area contributed by atoms with E-state index >= 15 is 0 Å². The molecule has 0 aromatic carbocycles. The number of hydrogen-bond donors (Lipinski definition) is 2. The van der Waals surface area contributed by atoms with E-state index in [1.807, 2.05) is 12.1 Å². The number of ether oxygens (including phenoxy) is 1. The summed E-state index contributed by atoms with van der Waals surface area (Å²) in [7, 11) is 0. The summed E-state index contributed by atoms with van der Waals surface area (Å²) in [6, 6.07) is 3.93. The van der Waals surface area contributed by atoms with Crippen molar-refractivity contribution >= 4 is 0 Å². The Morgan fingerprint density at radius 2 is 2.10 bits per heavy atom. The van der Waals surface area contributed by atoms with Gasteiger partial charge in [0.1, 0.15) is 0 Å². The van der Waals surface area contributed by atoms with Crippen molar-refractivity contribution in [3.63, 3.8) is 0 Å². The molecule has 1 aliphatic carbocycles. The Balaban J connectivity index is 1.55. The van der Waals surface area contributed by atoms with Crippen LogP contribution in [0.4, 0.5) is 0 Å². The van der Waals surface area contributed by atoms with E-state index in [2.05, 4.69) is 29.4 Å². The SMILES string of the molecule is CC1CC=CCC1COCC(O)CNCc1ccncc1. The monoisotopic (exact) mass is 290 g/mol. The molecule has 4 nitrogen and oxygen atoms in total. The summed E-state index contributed by atoms with van der Waals surface area (Å²) in [4.78, 5) is 3.98. The van der Waals surface area contributed by atoms with Crippen LogP contribution >= 0.6 is 0 Å². The van der Waals surface area contributed by atoms with Crippen LogP contribution in [-0.2, 0) is 11.3 Å². The first-order valence-corrected chi connectivity index (χ1v) is 7.76. The number of aromatic nitrogens is 1. The van der Waals surface area contributed by atoms with E-state index in [0.717, 1.165) is 26.0 Å². The van der Waals surface area contributed by atoms with Crippen molar-refractivity contribution < 1.29 is 9.84 Å². The number of pyridine rings is 1. The fourth-order valence-corrected chi connectivity index (χ4v) is 2.54. The van der Waals surface area contributed by atoms with Crippen molar-refractivity contribution in [1.82, 2.24) is 10.3 Å². The average Bonchev–Trinajstić information content (AvgIpc) is 2.50. The highest BCUT2D eigenvalue weighted by Crippen LogP contribution is 2.24. The number of aliphatic hydroxyl groups is 1. The third kappa shape index (κ3) is 5.96. The topological polar surface area (TPSA) is 54.4 Å². The Hall–Kier alpha value is -1.23. The molecule has 0 bridgehead atoms. The molecule has 0 amide bonds. The van der Waals surface area contributed by atoms with Crippen LogP contribution in [-0.4, -0.2) is 36.0 Å². The zero-order chi connectivity index (χ0) is 14.9. The molecule has 21 heavy (non-hydrogen) atoms. The minimum Gasteiger partial charge on any atom is -0.389 e. The minimum absolute atomic E-state index is 0.399. The molecule has 0 fully saturated rings. The lowest BCUT2D eigenvalue weighted by molar-refractivity contribution is 0.0127. The van der Waals surface area contributed by atoms with Crippen LogP contribution in [0, 0.1) is 11.8 Å². The second-order valence-electron chi connectivity index (χ2n) is 5.86. The number of nitrogens with one attached hydrogen (secondary N) is 1. The lowest BCUT2D eigenvalue weighted by atomic mass is 9.85. The molecule has 1 heterocycles. The van der Waals surface area contributed by atoms with Crippen LogP contribution in [0.2, 0.25) is 0 Å². The lowest BCUT2D eigenvalue weighted by Gasteiger charge is -2.25. The lowest BCUT2D eigenvalue weighted by Crippen LogP contribution is -2.31. The highest BCUT2D eigenvalue weighted by Gasteiger charge is 2.18. The van der Waals surface area contributed by atoms with Crippen molar-refractivity contribution in [1.29, 1.82) is 0 Å². The zero-order valence-corrected chi connectivity index (χ0v) is 12.7. The smallest absolute Gasteiger partial charge is 0.0897 e. The molecule has 1 aliphatic rings. The molecular weight excluding hydrogens is 264 g/mol. The van der Waals surface area contributed by atoms with E-state index in [9.17, 15) is 5.11 Å².